The highest BCUT2D eigenvalue weighted by Gasteiger charge is 2.19. The van der Waals surface area contributed by atoms with Gasteiger partial charge in [0.05, 0.1) is 5.69 Å². The first-order valence-electron chi connectivity index (χ1n) is 8.80. The van der Waals surface area contributed by atoms with Gasteiger partial charge >= 0.3 is 0 Å². The number of carbonyl (C=O) groups excluding carboxylic acids is 1. The second kappa shape index (κ2) is 7.51. The summed E-state index contributed by atoms with van der Waals surface area (Å²) in [5, 5.41) is 7.58. The average Bonchev–Trinajstić information content (AvgIpc) is 2.96. The molecule has 1 amide bonds. The smallest absolute Gasteiger partial charge is 0.225 e. The Morgan fingerprint density at radius 3 is 2.79 bits per heavy atom. The quantitative estimate of drug-likeness (QED) is 0.824. The molecule has 1 aliphatic rings. The molecule has 2 aromatic rings. The minimum Gasteiger partial charge on any atom is -0.399 e. The number of carbonyl (C=O) groups is 1. The van der Waals surface area contributed by atoms with E-state index >= 15 is 0 Å². The van der Waals surface area contributed by atoms with Crippen molar-refractivity contribution in [2.75, 3.05) is 11.1 Å². The van der Waals surface area contributed by atoms with Gasteiger partial charge in [0.15, 0.2) is 0 Å². The van der Waals surface area contributed by atoms with Crippen LogP contribution in [0.3, 0.4) is 0 Å². The number of aryl methyl sites for hydroxylation is 2. The minimum atomic E-state index is -0.00329. The molecular formula is C19H26N4O. The summed E-state index contributed by atoms with van der Waals surface area (Å²) in [6.45, 7) is 0. The summed E-state index contributed by atoms with van der Waals surface area (Å²) in [5.41, 5.74) is 8.79. The van der Waals surface area contributed by atoms with Crippen molar-refractivity contribution in [3.05, 3.63) is 41.6 Å². The molecule has 1 aromatic carbocycles. The highest BCUT2D eigenvalue weighted by Crippen LogP contribution is 2.32. The molecule has 24 heavy (non-hydrogen) atoms. The summed E-state index contributed by atoms with van der Waals surface area (Å²) in [5.74, 6) is 1.32. The fourth-order valence-electron chi connectivity index (χ4n) is 3.42. The second-order valence-electron chi connectivity index (χ2n) is 6.66. The van der Waals surface area contributed by atoms with Crippen LogP contribution in [-0.4, -0.2) is 15.7 Å². The Kier molecular flexibility index (Phi) is 5.18. The molecule has 0 bridgehead atoms. The Hall–Kier alpha value is -2.30. The lowest BCUT2D eigenvalue weighted by atomic mass is 9.87. The van der Waals surface area contributed by atoms with Crippen molar-refractivity contribution in [3.8, 4) is 0 Å². The number of anilines is 2. The Bertz CT molecular complexity index is 701. The number of benzene rings is 1. The third-order valence-corrected chi connectivity index (χ3v) is 4.87. The van der Waals surface area contributed by atoms with Crippen LogP contribution in [0.1, 0.15) is 55.7 Å². The van der Waals surface area contributed by atoms with Gasteiger partial charge in [-0.15, -0.1) is 0 Å². The van der Waals surface area contributed by atoms with E-state index in [2.05, 4.69) is 10.4 Å². The van der Waals surface area contributed by atoms with Crippen LogP contribution in [0.25, 0.3) is 0 Å². The Labute approximate surface area is 143 Å². The van der Waals surface area contributed by atoms with Gasteiger partial charge in [-0.25, -0.2) is 0 Å². The lowest BCUT2D eigenvalue weighted by molar-refractivity contribution is -0.116. The standard InChI is InChI=1S/C19H26N4O/c1-23-18(13-17(22-23)15-8-3-2-4-9-15)21-19(24)12-11-14-7-5-6-10-16(14)20/h5-7,10,13,15H,2-4,8-9,11-12,20H2,1H3,(H,21,24). The van der Waals surface area contributed by atoms with Crippen molar-refractivity contribution in [3.63, 3.8) is 0 Å². The van der Waals surface area contributed by atoms with Crippen LogP contribution < -0.4 is 11.1 Å². The number of rotatable bonds is 5. The molecule has 0 saturated heterocycles. The average molecular weight is 326 g/mol. The zero-order chi connectivity index (χ0) is 16.9. The zero-order valence-electron chi connectivity index (χ0n) is 14.3. The Balaban J connectivity index is 1.58. The topological polar surface area (TPSA) is 72.9 Å². The molecule has 3 rings (SSSR count). The second-order valence-corrected chi connectivity index (χ2v) is 6.66. The lowest BCUT2D eigenvalue weighted by Gasteiger charge is -2.19. The minimum absolute atomic E-state index is 0.00329. The molecule has 1 saturated carbocycles. The van der Waals surface area contributed by atoms with E-state index in [-0.39, 0.29) is 5.91 Å². The fraction of sp³-hybridized carbons (Fsp3) is 0.474. The van der Waals surface area contributed by atoms with Gasteiger partial charge in [-0.3, -0.25) is 9.48 Å². The van der Waals surface area contributed by atoms with E-state index in [1.165, 1.54) is 32.1 Å². The van der Waals surface area contributed by atoms with Crippen molar-refractivity contribution in [2.24, 2.45) is 7.05 Å². The number of amides is 1. The van der Waals surface area contributed by atoms with Crippen LogP contribution in [0.4, 0.5) is 11.5 Å². The summed E-state index contributed by atoms with van der Waals surface area (Å²) in [6, 6.07) is 9.71. The van der Waals surface area contributed by atoms with Crippen LogP contribution in [-0.2, 0) is 18.3 Å². The Morgan fingerprint density at radius 2 is 2.04 bits per heavy atom. The van der Waals surface area contributed by atoms with Crippen LogP contribution >= 0.6 is 0 Å². The van der Waals surface area contributed by atoms with E-state index < -0.39 is 0 Å². The number of nitrogens with zero attached hydrogens (tertiary/aromatic N) is 2. The van der Waals surface area contributed by atoms with Gasteiger partial charge < -0.3 is 11.1 Å². The van der Waals surface area contributed by atoms with Crippen LogP contribution in [0.2, 0.25) is 0 Å². The lowest BCUT2D eigenvalue weighted by Crippen LogP contribution is -2.15. The molecule has 0 unspecified atom stereocenters. The highest BCUT2D eigenvalue weighted by molar-refractivity contribution is 5.90. The maximum Gasteiger partial charge on any atom is 0.225 e. The zero-order valence-corrected chi connectivity index (χ0v) is 14.3. The van der Waals surface area contributed by atoms with Crippen LogP contribution in [0.5, 0.6) is 0 Å². The first kappa shape index (κ1) is 16.6. The van der Waals surface area contributed by atoms with E-state index in [4.69, 9.17) is 5.73 Å². The van der Waals surface area contributed by atoms with E-state index in [1.54, 1.807) is 4.68 Å². The molecule has 0 atom stereocenters. The summed E-state index contributed by atoms with van der Waals surface area (Å²) >= 11 is 0. The van der Waals surface area contributed by atoms with Gasteiger partial charge in [-0.05, 0) is 30.9 Å². The monoisotopic (exact) mass is 326 g/mol. The molecule has 1 fully saturated rings. The van der Waals surface area contributed by atoms with Gasteiger partial charge in [0.1, 0.15) is 5.82 Å². The molecule has 0 spiro atoms. The van der Waals surface area contributed by atoms with Crippen molar-refractivity contribution in [1.29, 1.82) is 0 Å². The molecule has 5 heteroatoms. The number of aromatic nitrogens is 2. The summed E-state index contributed by atoms with van der Waals surface area (Å²) in [4.78, 5) is 12.2. The predicted molar refractivity (Wildman–Crippen MR) is 96.8 cm³/mol. The number of nitrogens with one attached hydrogen (secondary N) is 1. The van der Waals surface area contributed by atoms with Gasteiger partial charge in [-0.2, -0.15) is 5.10 Å². The molecule has 5 nitrogen and oxygen atoms in total. The maximum atomic E-state index is 12.2. The third-order valence-electron chi connectivity index (χ3n) is 4.87. The molecule has 1 aromatic heterocycles. The summed E-state index contributed by atoms with van der Waals surface area (Å²) in [6.07, 6.45) is 7.36. The van der Waals surface area contributed by atoms with Gasteiger partial charge in [-0.1, -0.05) is 37.5 Å². The van der Waals surface area contributed by atoms with Crippen molar-refractivity contribution < 1.29 is 4.79 Å². The number of hydrogen-bond donors (Lipinski definition) is 2. The van der Waals surface area contributed by atoms with E-state index in [0.29, 0.717) is 18.8 Å². The first-order valence-corrected chi connectivity index (χ1v) is 8.80. The first-order chi connectivity index (χ1) is 11.6. The molecule has 1 heterocycles. The van der Waals surface area contributed by atoms with E-state index in [1.807, 2.05) is 37.4 Å². The molecule has 0 aliphatic heterocycles. The summed E-state index contributed by atoms with van der Waals surface area (Å²) < 4.78 is 1.78. The highest BCUT2D eigenvalue weighted by atomic mass is 16.1. The van der Waals surface area contributed by atoms with Crippen molar-refractivity contribution in [1.82, 2.24) is 9.78 Å². The molecule has 1 aliphatic carbocycles. The van der Waals surface area contributed by atoms with Gasteiger partial charge in [0.25, 0.3) is 0 Å². The normalized spacial score (nSPS) is 15.4. The molecule has 3 N–H and O–H groups in total. The van der Waals surface area contributed by atoms with Gasteiger partial charge in [0, 0.05) is 31.1 Å². The number of nitrogen functional groups attached to an aromatic ring is 1. The van der Waals surface area contributed by atoms with E-state index in [0.717, 1.165) is 22.8 Å². The Morgan fingerprint density at radius 1 is 1.29 bits per heavy atom. The summed E-state index contributed by atoms with van der Waals surface area (Å²) in [7, 11) is 1.89. The maximum absolute atomic E-state index is 12.2. The van der Waals surface area contributed by atoms with Crippen molar-refractivity contribution >= 4 is 17.4 Å². The van der Waals surface area contributed by atoms with E-state index in [9.17, 15) is 4.79 Å². The predicted octanol–water partition coefficient (Wildman–Crippen LogP) is 3.62. The SMILES string of the molecule is Cn1nc(C2CCCCC2)cc1NC(=O)CCc1ccccc1N. The number of hydrogen-bond acceptors (Lipinski definition) is 3. The van der Waals surface area contributed by atoms with Crippen molar-refractivity contribution in [2.45, 2.75) is 50.9 Å². The van der Waals surface area contributed by atoms with Gasteiger partial charge in [0.2, 0.25) is 5.91 Å². The van der Waals surface area contributed by atoms with Crippen LogP contribution in [0, 0.1) is 0 Å². The number of para-hydroxylation sites is 1. The molecule has 128 valence electrons. The number of nitrogens with two attached hydrogens (primary N) is 1. The molecular weight excluding hydrogens is 300 g/mol. The van der Waals surface area contributed by atoms with Crippen LogP contribution in [0.15, 0.2) is 30.3 Å². The molecule has 0 radical (unpaired) electrons. The largest absolute Gasteiger partial charge is 0.399 e. The third kappa shape index (κ3) is 3.96. The fourth-order valence-corrected chi connectivity index (χ4v) is 3.42.